The Morgan fingerprint density at radius 3 is 2.94 bits per heavy atom. The van der Waals surface area contributed by atoms with Crippen molar-refractivity contribution in [3.8, 4) is 0 Å². The van der Waals surface area contributed by atoms with Gasteiger partial charge in [-0.15, -0.1) is 0 Å². The van der Waals surface area contributed by atoms with Crippen LogP contribution in [0, 0.1) is 17.3 Å². The van der Waals surface area contributed by atoms with Crippen molar-refractivity contribution in [2.45, 2.75) is 45.6 Å². The summed E-state index contributed by atoms with van der Waals surface area (Å²) in [7, 11) is 0. The lowest BCUT2D eigenvalue weighted by Crippen LogP contribution is -2.35. The van der Waals surface area contributed by atoms with Gasteiger partial charge in [-0.05, 0) is 30.9 Å². The van der Waals surface area contributed by atoms with Crippen molar-refractivity contribution in [2.75, 3.05) is 6.26 Å². The number of fused-ring (bicyclic) bond motifs is 1. The topological polar surface area (TPSA) is 43.4 Å². The van der Waals surface area contributed by atoms with Crippen LogP contribution < -0.4 is 0 Å². The molecule has 0 aromatic rings. The fourth-order valence-corrected chi connectivity index (χ4v) is 3.65. The molecule has 0 N–H and O–H groups in total. The van der Waals surface area contributed by atoms with Crippen LogP contribution in [0.15, 0.2) is 0 Å². The van der Waals surface area contributed by atoms with Crippen LogP contribution in [0.5, 0.6) is 0 Å². The van der Waals surface area contributed by atoms with Gasteiger partial charge in [0.15, 0.2) is 5.12 Å². The lowest BCUT2D eigenvalue weighted by molar-refractivity contribution is -0.145. The quantitative estimate of drug-likeness (QED) is 0.712. The van der Waals surface area contributed by atoms with Gasteiger partial charge in [0.2, 0.25) is 0 Å². The van der Waals surface area contributed by atoms with Gasteiger partial charge < -0.3 is 4.74 Å². The first-order valence-electron chi connectivity index (χ1n) is 6.22. The lowest BCUT2D eigenvalue weighted by Gasteiger charge is -2.38. The minimum Gasteiger partial charge on any atom is -0.462 e. The monoisotopic (exact) mass is 256 g/mol. The predicted octanol–water partition coefficient (Wildman–Crippen LogP) is 2.63. The van der Waals surface area contributed by atoms with Gasteiger partial charge in [0.1, 0.15) is 6.10 Å². The third kappa shape index (κ3) is 2.51. The summed E-state index contributed by atoms with van der Waals surface area (Å²) in [6.07, 6.45) is 5.36. The van der Waals surface area contributed by atoms with Crippen molar-refractivity contribution in [2.24, 2.45) is 17.3 Å². The van der Waals surface area contributed by atoms with E-state index in [1.807, 2.05) is 13.2 Å². The van der Waals surface area contributed by atoms with Crippen LogP contribution in [-0.2, 0) is 14.3 Å². The lowest BCUT2D eigenvalue weighted by atomic mass is 9.67. The van der Waals surface area contributed by atoms with Crippen molar-refractivity contribution in [1.82, 2.24) is 0 Å². The minimum atomic E-state index is -0.0551. The van der Waals surface area contributed by atoms with Crippen LogP contribution in [0.2, 0.25) is 0 Å². The third-order valence-corrected chi connectivity index (χ3v) is 4.93. The molecule has 1 saturated heterocycles. The van der Waals surface area contributed by atoms with Gasteiger partial charge in [-0.25, -0.2) is 0 Å². The summed E-state index contributed by atoms with van der Waals surface area (Å²) < 4.78 is 5.43. The van der Waals surface area contributed by atoms with Gasteiger partial charge in [-0.1, -0.05) is 25.6 Å². The fraction of sp³-hybridized carbons (Fsp3) is 0.846. The molecular formula is C13H20O3S. The van der Waals surface area contributed by atoms with Crippen molar-refractivity contribution < 1.29 is 14.3 Å². The van der Waals surface area contributed by atoms with E-state index in [0.29, 0.717) is 12.3 Å². The number of hydrogen-bond acceptors (Lipinski definition) is 4. The summed E-state index contributed by atoms with van der Waals surface area (Å²) in [4.78, 5) is 23.1. The van der Waals surface area contributed by atoms with Crippen molar-refractivity contribution in [1.29, 1.82) is 0 Å². The maximum Gasteiger partial charge on any atom is 0.309 e. The molecule has 96 valence electrons. The molecule has 1 saturated carbocycles. The van der Waals surface area contributed by atoms with Crippen LogP contribution >= 0.6 is 11.8 Å². The highest BCUT2D eigenvalue weighted by atomic mass is 32.2. The highest BCUT2D eigenvalue weighted by Crippen LogP contribution is 2.48. The minimum absolute atomic E-state index is 0.0194. The average Bonchev–Trinajstić information content (AvgIpc) is 2.53. The Morgan fingerprint density at radius 1 is 1.59 bits per heavy atom. The standard InChI is InChI=1S/C13H20O3S/c1-8-9-4-5-13(2,7-11(14)17-3)6-10(9)16-12(8)15/h8-10H,4-7H2,1-3H3. The SMILES string of the molecule is CSC(=O)CC1(C)CCC2C(C1)OC(=O)C2C. The first-order chi connectivity index (χ1) is 7.95. The summed E-state index contributed by atoms with van der Waals surface area (Å²) >= 11 is 1.30. The molecule has 2 aliphatic rings. The van der Waals surface area contributed by atoms with Crippen LogP contribution in [0.25, 0.3) is 0 Å². The number of esters is 1. The third-order valence-electron chi connectivity index (χ3n) is 4.33. The van der Waals surface area contributed by atoms with Crippen molar-refractivity contribution >= 4 is 22.8 Å². The summed E-state index contributed by atoms with van der Waals surface area (Å²) in [6.45, 7) is 4.11. The molecule has 0 amide bonds. The summed E-state index contributed by atoms with van der Waals surface area (Å²) in [5, 5.41) is 0.239. The summed E-state index contributed by atoms with van der Waals surface area (Å²) in [5.41, 5.74) is 0.0194. The van der Waals surface area contributed by atoms with Crippen LogP contribution in [0.3, 0.4) is 0 Å². The Morgan fingerprint density at radius 2 is 2.29 bits per heavy atom. The van der Waals surface area contributed by atoms with E-state index >= 15 is 0 Å². The van der Waals surface area contributed by atoms with Crippen molar-refractivity contribution in [3.63, 3.8) is 0 Å². The molecule has 0 bridgehead atoms. The van der Waals surface area contributed by atoms with Gasteiger partial charge in [0.25, 0.3) is 0 Å². The zero-order valence-corrected chi connectivity index (χ0v) is 11.5. The molecule has 1 aliphatic heterocycles. The molecule has 4 atom stereocenters. The molecule has 17 heavy (non-hydrogen) atoms. The van der Waals surface area contributed by atoms with E-state index in [1.165, 1.54) is 11.8 Å². The number of carbonyl (C=O) groups is 2. The molecular weight excluding hydrogens is 236 g/mol. The molecule has 0 aromatic carbocycles. The molecule has 0 radical (unpaired) electrons. The number of ether oxygens (including phenoxy) is 1. The Balaban J connectivity index is 2.03. The Hall–Kier alpha value is -0.510. The average molecular weight is 256 g/mol. The molecule has 4 unspecified atom stereocenters. The molecule has 3 nitrogen and oxygen atoms in total. The van der Waals surface area contributed by atoms with E-state index in [4.69, 9.17) is 4.74 Å². The van der Waals surface area contributed by atoms with E-state index in [1.54, 1.807) is 0 Å². The Kier molecular flexibility index (Phi) is 3.53. The van der Waals surface area contributed by atoms with E-state index in [0.717, 1.165) is 19.3 Å². The molecule has 2 rings (SSSR count). The van der Waals surface area contributed by atoms with Gasteiger partial charge in [-0.2, -0.15) is 0 Å². The smallest absolute Gasteiger partial charge is 0.309 e. The second-order valence-electron chi connectivity index (χ2n) is 5.73. The highest BCUT2D eigenvalue weighted by molar-refractivity contribution is 8.13. The molecule has 1 aliphatic carbocycles. The molecule has 0 aromatic heterocycles. The predicted molar refractivity (Wildman–Crippen MR) is 67.6 cm³/mol. The Labute approximate surface area is 107 Å². The molecule has 1 heterocycles. The van der Waals surface area contributed by atoms with Crippen molar-refractivity contribution in [3.05, 3.63) is 0 Å². The second kappa shape index (κ2) is 4.63. The fourth-order valence-electron chi connectivity index (χ4n) is 3.15. The number of hydrogen-bond donors (Lipinski definition) is 0. The van der Waals surface area contributed by atoms with Crippen LogP contribution in [0.4, 0.5) is 0 Å². The maximum absolute atomic E-state index is 11.6. The van der Waals surface area contributed by atoms with Gasteiger partial charge in [0.05, 0.1) is 5.92 Å². The maximum atomic E-state index is 11.6. The number of rotatable bonds is 2. The van der Waals surface area contributed by atoms with E-state index in [9.17, 15) is 9.59 Å². The van der Waals surface area contributed by atoms with Gasteiger partial charge in [-0.3, -0.25) is 9.59 Å². The summed E-state index contributed by atoms with van der Waals surface area (Å²) in [6, 6.07) is 0. The second-order valence-corrected chi connectivity index (χ2v) is 6.60. The van der Waals surface area contributed by atoms with Gasteiger partial charge in [0, 0.05) is 12.3 Å². The van der Waals surface area contributed by atoms with Crippen LogP contribution in [0.1, 0.15) is 39.5 Å². The first kappa shape index (κ1) is 12.9. The van der Waals surface area contributed by atoms with Gasteiger partial charge >= 0.3 is 5.97 Å². The zero-order chi connectivity index (χ0) is 12.6. The molecule has 0 spiro atoms. The molecule has 2 fully saturated rings. The normalized spacial score (nSPS) is 40.9. The van der Waals surface area contributed by atoms with E-state index < -0.39 is 0 Å². The number of carbonyl (C=O) groups excluding carboxylic acids is 2. The number of thioether (sulfide) groups is 1. The highest BCUT2D eigenvalue weighted by Gasteiger charge is 2.48. The van der Waals surface area contributed by atoms with E-state index in [-0.39, 0.29) is 28.5 Å². The van der Waals surface area contributed by atoms with Crippen LogP contribution in [-0.4, -0.2) is 23.4 Å². The zero-order valence-electron chi connectivity index (χ0n) is 10.7. The van der Waals surface area contributed by atoms with E-state index in [2.05, 4.69) is 6.92 Å². The first-order valence-corrected chi connectivity index (χ1v) is 7.45. The summed E-state index contributed by atoms with van der Waals surface area (Å²) in [5.74, 6) is 0.362. The largest absolute Gasteiger partial charge is 0.462 e. The molecule has 4 heteroatoms. The Bertz CT molecular complexity index is 342.